The standard InChI is InChI=1S/C32H54O6/c1-19-21(28(3,4)22-12-16-31(8,35)23(22)18-24(19)34)10-11-25-30(7)15-13-26(37-20(2)33)29(5,6)38-27(30)14-17-32(25,9)36/h22-27,34-36H,10-18H2,1-9H3/t22-,23-,24-,25-,26-,27-,30-,31-,32+/m1/s1. The summed E-state index contributed by atoms with van der Waals surface area (Å²) in [6, 6.07) is 0. The maximum Gasteiger partial charge on any atom is 0.303 e. The van der Waals surface area contributed by atoms with Crippen LogP contribution in [0.1, 0.15) is 120 Å². The molecular formula is C32H54O6. The van der Waals surface area contributed by atoms with Crippen molar-refractivity contribution in [2.45, 2.75) is 155 Å². The second kappa shape index (κ2) is 9.85. The van der Waals surface area contributed by atoms with Gasteiger partial charge in [-0.2, -0.15) is 0 Å². The monoisotopic (exact) mass is 534 g/mol. The number of allylic oxidation sites excluding steroid dienone is 1. The van der Waals surface area contributed by atoms with Crippen molar-refractivity contribution in [1.29, 1.82) is 0 Å². The largest absolute Gasteiger partial charge is 0.460 e. The summed E-state index contributed by atoms with van der Waals surface area (Å²) in [6.45, 7) is 18.4. The lowest BCUT2D eigenvalue weighted by molar-refractivity contribution is -0.210. The van der Waals surface area contributed by atoms with Crippen molar-refractivity contribution >= 4 is 5.97 Å². The molecule has 1 saturated heterocycles. The Morgan fingerprint density at radius 3 is 2.21 bits per heavy atom. The zero-order valence-electron chi connectivity index (χ0n) is 25.4. The van der Waals surface area contributed by atoms with E-state index < -0.39 is 22.9 Å². The fourth-order valence-corrected chi connectivity index (χ4v) is 9.37. The average molecular weight is 535 g/mol. The predicted molar refractivity (Wildman–Crippen MR) is 148 cm³/mol. The van der Waals surface area contributed by atoms with E-state index in [1.165, 1.54) is 12.5 Å². The van der Waals surface area contributed by atoms with E-state index in [0.29, 0.717) is 25.2 Å². The van der Waals surface area contributed by atoms with Crippen LogP contribution in [0.4, 0.5) is 0 Å². The first-order chi connectivity index (χ1) is 17.3. The van der Waals surface area contributed by atoms with Gasteiger partial charge in [-0.15, -0.1) is 0 Å². The summed E-state index contributed by atoms with van der Waals surface area (Å²) in [7, 11) is 0. The predicted octanol–water partition coefficient (Wildman–Crippen LogP) is 5.71. The van der Waals surface area contributed by atoms with Crippen LogP contribution in [0.15, 0.2) is 11.1 Å². The number of aliphatic hydroxyl groups excluding tert-OH is 1. The number of carbonyl (C=O) groups is 1. The molecule has 0 aromatic rings. The van der Waals surface area contributed by atoms with Crippen LogP contribution >= 0.6 is 0 Å². The van der Waals surface area contributed by atoms with Crippen LogP contribution in [0.3, 0.4) is 0 Å². The topological polar surface area (TPSA) is 96.2 Å². The summed E-state index contributed by atoms with van der Waals surface area (Å²) in [5, 5.41) is 34.2. The van der Waals surface area contributed by atoms with Crippen molar-refractivity contribution in [2.24, 2.45) is 28.6 Å². The van der Waals surface area contributed by atoms with E-state index in [9.17, 15) is 20.1 Å². The Morgan fingerprint density at radius 2 is 1.58 bits per heavy atom. The van der Waals surface area contributed by atoms with Gasteiger partial charge in [0.15, 0.2) is 0 Å². The Hall–Kier alpha value is -0.950. The lowest BCUT2D eigenvalue weighted by Gasteiger charge is -2.54. The third-order valence-corrected chi connectivity index (χ3v) is 11.8. The minimum absolute atomic E-state index is 0.000364. The Bertz CT molecular complexity index is 946. The number of hydrogen-bond donors (Lipinski definition) is 3. The van der Waals surface area contributed by atoms with Gasteiger partial charge in [-0.05, 0) is 127 Å². The molecule has 3 fully saturated rings. The fraction of sp³-hybridized carbons (Fsp3) is 0.906. The number of ether oxygens (including phenoxy) is 2. The Kier molecular flexibility index (Phi) is 7.78. The lowest BCUT2D eigenvalue weighted by Crippen LogP contribution is -2.56. The molecule has 6 nitrogen and oxygen atoms in total. The highest BCUT2D eigenvalue weighted by atomic mass is 16.6. The van der Waals surface area contributed by atoms with E-state index in [-0.39, 0.29) is 40.8 Å². The van der Waals surface area contributed by atoms with Gasteiger partial charge in [0.05, 0.1) is 29.0 Å². The van der Waals surface area contributed by atoms with Crippen LogP contribution < -0.4 is 0 Å². The lowest BCUT2D eigenvalue weighted by atomic mass is 9.55. The number of fused-ring (bicyclic) bond motifs is 2. The van der Waals surface area contributed by atoms with Crippen LogP contribution in [0.5, 0.6) is 0 Å². The number of hydrogen-bond acceptors (Lipinski definition) is 6. The van der Waals surface area contributed by atoms with Crippen LogP contribution in [0.25, 0.3) is 0 Å². The maximum absolute atomic E-state index is 11.9. The normalized spacial score (nSPS) is 46.5. The van der Waals surface area contributed by atoms with Crippen LogP contribution in [0, 0.1) is 28.6 Å². The van der Waals surface area contributed by atoms with Crippen molar-refractivity contribution in [3.8, 4) is 0 Å². The molecule has 218 valence electrons. The number of carbonyl (C=O) groups excluding carboxylic acids is 1. The molecule has 0 aromatic carbocycles. The van der Waals surface area contributed by atoms with Gasteiger partial charge in [-0.1, -0.05) is 26.3 Å². The third-order valence-electron chi connectivity index (χ3n) is 11.8. The molecule has 38 heavy (non-hydrogen) atoms. The maximum atomic E-state index is 11.9. The quantitative estimate of drug-likeness (QED) is 0.316. The minimum atomic E-state index is -0.832. The Labute approximate surface area is 230 Å². The number of esters is 1. The van der Waals surface area contributed by atoms with Gasteiger partial charge in [0.25, 0.3) is 0 Å². The van der Waals surface area contributed by atoms with Crippen LogP contribution in [0.2, 0.25) is 0 Å². The highest BCUT2D eigenvalue weighted by Gasteiger charge is 2.58. The van der Waals surface area contributed by atoms with E-state index in [2.05, 4.69) is 27.7 Å². The summed E-state index contributed by atoms with van der Waals surface area (Å²) < 4.78 is 12.5. The molecule has 9 atom stereocenters. The molecule has 0 radical (unpaired) electrons. The number of aliphatic hydroxyl groups is 3. The van der Waals surface area contributed by atoms with Gasteiger partial charge in [-0.25, -0.2) is 0 Å². The zero-order valence-corrected chi connectivity index (χ0v) is 25.4. The van der Waals surface area contributed by atoms with Crippen LogP contribution in [-0.4, -0.2) is 56.4 Å². The summed E-state index contributed by atoms with van der Waals surface area (Å²) in [6.07, 6.45) is 6.04. The fourth-order valence-electron chi connectivity index (χ4n) is 9.37. The minimum Gasteiger partial charge on any atom is -0.460 e. The summed E-state index contributed by atoms with van der Waals surface area (Å²) in [5.74, 6) is 0.113. The van der Waals surface area contributed by atoms with E-state index in [0.717, 1.165) is 44.1 Å². The molecule has 3 aliphatic carbocycles. The van der Waals surface area contributed by atoms with Crippen LogP contribution in [-0.2, 0) is 14.3 Å². The molecule has 3 N–H and O–H groups in total. The number of rotatable bonds is 4. The summed E-state index contributed by atoms with van der Waals surface area (Å²) in [4.78, 5) is 11.9. The van der Waals surface area contributed by atoms with Gasteiger partial charge in [0, 0.05) is 6.92 Å². The second-order valence-corrected chi connectivity index (χ2v) is 15.1. The molecule has 0 bridgehead atoms. The Balaban J connectivity index is 1.63. The van der Waals surface area contributed by atoms with Gasteiger partial charge in [-0.3, -0.25) is 4.79 Å². The van der Waals surface area contributed by atoms with Crippen molar-refractivity contribution in [3.63, 3.8) is 0 Å². The van der Waals surface area contributed by atoms with E-state index in [1.807, 2.05) is 27.7 Å². The molecular weight excluding hydrogens is 480 g/mol. The van der Waals surface area contributed by atoms with Gasteiger partial charge < -0.3 is 24.8 Å². The molecule has 1 heterocycles. The van der Waals surface area contributed by atoms with Crippen molar-refractivity contribution < 1.29 is 29.6 Å². The highest BCUT2D eigenvalue weighted by molar-refractivity contribution is 5.66. The summed E-state index contributed by atoms with van der Waals surface area (Å²) in [5.41, 5.74) is -0.236. The molecule has 1 aliphatic heterocycles. The molecule has 0 amide bonds. The molecule has 4 rings (SSSR count). The van der Waals surface area contributed by atoms with E-state index in [1.54, 1.807) is 0 Å². The van der Waals surface area contributed by atoms with E-state index in [4.69, 9.17) is 9.47 Å². The van der Waals surface area contributed by atoms with Gasteiger partial charge >= 0.3 is 5.97 Å². The SMILES string of the molecule is CC(=O)O[C@@H]1CC[C@]2(C)[C@@H](CCC3=C(C)[C@H](O)C[C@@H]4[C@@H](CC[C@@]4(C)O)C3(C)C)[C@@](C)(O)CC[C@H]2OC1(C)C. The zero-order chi connectivity index (χ0) is 28.5. The smallest absolute Gasteiger partial charge is 0.303 e. The molecule has 2 saturated carbocycles. The van der Waals surface area contributed by atoms with Gasteiger partial charge in [0.2, 0.25) is 0 Å². The third kappa shape index (κ3) is 5.12. The Morgan fingerprint density at radius 1 is 0.947 bits per heavy atom. The van der Waals surface area contributed by atoms with Crippen molar-refractivity contribution in [2.75, 3.05) is 0 Å². The van der Waals surface area contributed by atoms with Crippen molar-refractivity contribution in [1.82, 2.24) is 0 Å². The first-order valence-corrected chi connectivity index (χ1v) is 15.0. The molecule has 0 spiro atoms. The molecule has 6 heteroatoms. The second-order valence-electron chi connectivity index (χ2n) is 15.1. The molecule has 4 aliphatic rings. The molecule has 0 unspecified atom stereocenters. The first-order valence-electron chi connectivity index (χ1n) is 15.0. The average Bonchev–Trinajstić information content (AvgIpc) is 3.00. The highest BCUT2D eigenvalue weighted by Crippen LogP contribution is 2.59. The van der Waals surface area contributed by atoms with E-state index >= 15 is 0 Å². The first kappa shape index (κ1) is 30.0. The summed E-state index contributed by atoms with van der Waals surface area (Å²) >= 11 is 0. The van der Waals surface area contributed by atoms with Crippen molar-refractivity contribution in [3.05, 3.63) is 11.1 Å². The van der Waals surface area contributed by atoms with Gasteiger partial charge in [0.1, 0.15) is 6.10 Å². The molecule has 0 aromatic heterocycles.